The Balaban J connectivity index is 1.53. The molecule has 1 saturated carbocycles. The first-order valence-corrected chi connectivity index (χ1v) is 14.5. The molecule has 1 saturated heterocycles. The number of fused-ring (bicyclic) bond motifs is 1. The standard InChI is InChI=1S/C27H41N3O5S/c1-27(2,3)35-26(32)29-17-15-20(16-18-29)30(36(33)34)24-14-13-23(21-11-7-8-12-22(21)24)25(31)28-19-9-5-4-6-10-19/h13-14,19-20H,4-12,15-18H2,1-3H3,(H,28,31)(H,33,34). The summed E-state index contributed by atoms with van der Waals surface area (Å²) in [5, 5.41) is 3.24. The molecule has 200 valence electrons. The molecular formula is C27H41N3O5S. The van der Waals surface area contributed by atoms with Crippen LogP contribution in [0.1, 0.15) is 100 Å². The van der Waals surface area contributed by atoms with Crippen molar-refractivity contribution in [3.63, 3.8) is 0 Å². The third-order valence-electron chi connectivity index (χ3n) is 7.55. The second kappa shape index (κ2) is 11.5. The second-order valence-electron chi connectivity index (χ2n) is 11.4. The Labute approximate surface area is 217 Å². The SMILES string of the molecule is CC(C)(C)OC(=O)N1CCC(N(c2ccc(C(=O)NC3CCCCC3)c3c2CCCC3)S(=O)O)CC1. The first-order valence-electron chi connectivity index (χ1n) is 13.5. The average molecular weight is 520 g/mol. The van der Waals surface area contributed by atoms with E-state index in [-0.39, 0.29) is 24.1 Å². The Hall–Kier alpha value is -2.13. The van der Waals surface area contributed by atoms with Gasteiger partial charge >= 0.3 is 6.09 Å². The molecule has 3 aliphatic rings. The van der Waals surface area contributed by atoms with Crippen LogP contribution in [0.3, 0.4) is 0 Å². The number of benzene rings is 1. The summed E-state index contributed by atoms with van der Waals surface area (Å²) in [5.74, 6) is -0.0195. The molecule has 1 atom stereocenters. The molecular weight excluding hydrogens is 478 g/mol. The molecule has 8 nitrogen and oxygen atoms in total. The van der Waals surface area contributed by atoms with Gasteiger partial charge in [-0.1, -0.05) is 19.3 Å². The summed E-state index contributed by atoms with van der Waals surface area (Å²) >= 11 is -2.21. The summed E-state index contributed by atoms with van der Waals surface area (Å²) in [6.45, 7) is 6.47. The number of likely N-dealkylation sites (tertiary alicyclic amines) is 1. The molecule has 1 aliphatic heterocycles. The minimum atomic E-state index is -2.21. The van der Waals surface area contributed by atoms with Crippen molar-refractivity contribution in [3.8, 4) is 0 Å². The normalized spacial score (nSPS) is 20.4. The fourth-order valence-corrected chi connectivity index (χ4v) is 6.60. The molecule has 1 aromatic rings. The molecule has 4 rings (SSSR count). The highest BCUT2D eigenvalue weighted by molar-refractivity contribution is 7.80. The van der Waals surface area contributed by atoms with Crippen LogP contribution in [0.2, 0.25) is 0 Å². The molecule has 0 spiro atoms. The third kappa shape index (κ3) is 6.40. The van der Waals surface area contributed by atoms with Crippen LogP contribution in [-0.2, 0) is 28.8 Å². The van der Waals surface area contributed by atoms with Crippen LogP contribution in [-0.4, -0.2) is 56.4 Å². The van der Waals surface area contributed by atoms with E-state index in [1.165, 1.54) is 6.42 Å². The van der Waals surface area contributed by atoms with Gasteiger partial charge in [-0.25, -0.2) is 9.00 Å². The zero-order valence-electron chi connectivity index (χ0n) is 21.9. The van der Waals surface area contributed by atoms with Gasteiger partial charge in [-0.05, 0) is 95.4 Å². The molecule has 1 aromatic carbocycles. The predicted molar refractivity (Wildman–Crippen MR) is 142 cm³/mol. The number of anilines is 1. The lowest BCUT2D eigenvalue weighted by Crippen LogP contribution is -2.48. The molecule has 0 aromatic heterocycles. The predicted octanol–water partition coefficient (Wildman–Crippen LogP) is 4.97. The summed E-state index contributed by atoms with van der Waals surface area (Å²) < 4.78 is 30.1. The molecule has 36 heavy (non-hydrogen) atoms. The van der Waals surface area contributed by atoms with E-state index in [9.17, 15) is 18.4 Å². The Kier molecular flexibility index (Phi) is 8.60. The summed E-state index contributed by atoms with van der Waals surface area (Å²) in [4.78, 5) is 27.4. The van der Waals surface area contributed by atoms with E-state index < -0.39 is 16.9 Å². The molecule has 1 heterocycles. The smallest absolute Gasteiger partial charge is 0.410 e. The molecule has 1 unspecified atom stereocenters. The van der Waals surface area contributed by atoms with Crippen molar-refractivity contribution in [1.82, 2.24) is 10.2 Å². The number of nitrogens with zero attached hydrogens (tertiary/aromatic N) is 2. The topological polar surface area (TPSA) is 99.2 Å². The van der Waals surface area contributed by atoms with Crippen molar-refractivity contribution in [1.29, 1.82) is 0 Å². The zero-order chi connectivity index (χ0) is 25.9. The lowest BCUT2D eigenvalue weighted by molar-refractivity contribution is 0.0207. The van der Waals surface area contributed by atoms with E-state index in [1.807, 2.05) is 32.9 Å². The third-order valence-corrected chi connectivity index (χ3v) is 8.38. The minimum Gasteiger partial charge on any atom is -0.444 e. The van der Waals surface area contributed by atoms with Gasteiger partial charge in [0.2, 0.25) is 0 Å². The molecule has 0 bridgehead atoms. The number of piperidine rings is 1. The molecule has 9 heteroatoms. The van der Waals surface area contributed by atoms with E-state index >= 15 is 0 Å². The van der Waals surface area contributed by atoms with Gasteiger partial charge in [0, 0.05) is 30.7 Å². The lowest BCUT2D eigenvalue weighted by Gasteiger charge is -2.39. The number of nitrogens with one attached hydrogen (secondary N) is 1. The van der Waals surface area contributed by atoms with Crippen molar-refractivity contribution < 1.29 is 23.1 Å². The van der Waals surface area contributed by atoms with Crippen molar-refractivity contribution in [2.24, 2.45) is 0 Å². The number of amides is 2. The van der Waals surface area contributed by atoms with Crippen molar-refractivity contribution in [2.45, 2.75) is 109 Å². The van der Waals surface area contributed by atoms with Gasteiger partial charge in [0.15, 0.2) is 0 Å². The van der Waals surface area contributed by atoms with Crippen LogP contribution < -0.4 is 9.62 Å². The maximum Gasteiger partial charge on any atom is 0.410 e. The fraction of sp³-hybridized carbons (Fsp3) is 0.704. The highest BCUT2D eigenvalue weighted by Gasteiger charge is 2.34. The van der Waals surface area contributed by atoms with Crippen molar-refractivity contribution in [3.05, 3.63) is 28.8 Å². The Morgan fingerprint density at radius 2 is 1.64 bits per heavy atom. The van der Waals surface area contributed by atoms with Gasteiger partial charge < -0.3 is 15.0 Å². The highest BCUT2D eigenvalue weighted by atomic mass is 32.2. The van der Waals surface area contributed by atoms with Gasteiger partial charge in [0.1, 0.15) is 5.60 Å². The number of ether oxygens (including phenoxy) is 1. The summed E-state index contributed by atoms with van der Waals surface area (Å²) in [5.41, 5.74) is 2.94. The fourth-order valence-electron chi connectivity index (χ4n) is 5.80. The maximum absolute atomic E-state index is 13.2. The second-order valence-corrected chi connectivity index (χ2v) is 12.2. The first kappa shape index (κ1) is 26.9. The van der Waals surface area contributed by atoms with Crippen molar-refractivity contribution >= 4 is 29.0 Å². The van der Waals surface area contributed by atoms with Crippen LogP contribution in [0.15, 0.2) is 12.1 Å². The molecule has 2 fully saturated rings. The van der Waals surface area contributed by atoms with Crippen LogP contribution in [0.5, 0.6) is 0 Å². The molecule has 0 radical (unpaired) electrons. The summed E-state index contributed by atoms with van der Waals surface area (Å²) in [7, 11) is 0. The van der Waals surface area contributed by atoms with Crippen LogP contribution in [0, 0.1) is 0 Å². The average Bonchev–Trinajstić information content (AvgIpc) is 2.84. The maximum atomic E-state index is 13.2. The summed E-state index contributed by atoms with van der Waals surface area (Å²) in [6, 6.07) is 3.76. The Morgan fingerprint density at radius 3 is 2.25 bits per heavy atom. The van der Waals surface area contributed by atoms with Crippen LogP contribution in [0.25, 0.3) is 0 Å². The van der Waals surface area contributed by atoms with Gasteiger partial charge in [0.25, 0.3) is 17.2 Å². The largest absolute Gasteiger partial charge is 0.444 e. The van der Waals surface area contributed by atoms with E-state index in [0.29, 0.717) is 31.5 Å². The van der Waals surface area contributed by atoms with E-state index in [4.69, 9.17) is 4.74 Å². The van der Waals surface area contributed by atoms with Gasteiger partial charge in [-0.3, -0.25) is 13.7 Å². The first-order chi connectivity index (χ1) is 17.1. The molecule has 2 aliphatic carbocycles. The molecule has 2 amide bonds. The number of carbonyl (C=O) groups is 2. The van der Waals surface area contributed by atoms with E-state index in [2.05, 4.69) is 5.32 Å². The Bertz CT molecular complexity index is 978. The quantitative estimate of drug-likeness (QED) is 0.535. The van der Waals surface area contributed by atoms with Gasteiger partial charge in [0.05, 0.1) is 5.69 Å². The van der Waals surface area contributed by atoms with Crippen LogP contribution in [0.4, 0.5) is 10.5 Å². The van der Waals surface area contributed by atoms with Gasteiger partial charge in [-0.15, -0.1) is 0 Å². The zero-order valence-corrected chi connectivity index (χ0v) is 22.7. The van der Waals surface area contributed by atoms with Crippen LogP contribution >= 0.6 is 0 Å². The highest BCUT2D eigenvalue weighted by Crippen LogP contribution is 2.36. The number of hydrogen-bond acceptors (Lipinski definition) is 4. The number of hydrogen-bond donors (Lipinski definition) is 2. The lowest BCUT2D eigenvalue weighted by atomic mass is 9.86. The van der Waals surface area contributed by atoms with E-state index in [1.54, 1.807) is 9.21 Å². The summed E-state index contributed by atoms with van der Waals surface area (Å²) in [6.07, 6.45) is 10.0. The van der Waals surface area contributed by atoms with Crippen molar-refractivity contribution in [2.75, 3.05) is 17.4 Å². The van der Waals surface area contributed by atoms with Gasteiger partial charge in [-0.2, -0.15) is 0 Å². The minimum absolute atomic E-state index is 0.0195. The van der Waals surface area contributed by atoms with E-state index in [0.717, 1.165) is 68.2 Å². The monoisotopic (exact) mass is 519 g/mol. The number of carbonyl (C=O) groups excluding carboxylic acids is 2. The molecule has 2 N–H and O–H groups in total. The number of rotatable bonds is 5. The Morgan fingerprint density at radius 1 is 1.00 bits per heavy atom.